The molecular weight excluding hydrogens is 214 g/mol. The molecular formula is C13H19N3O. The summed E-state index contributed by atoms with van der Waals surface area (Å²) >= 11 is 0. The number of pyridine rings is 1. The highest BCUT2D eigenvalue weighted by molar-refractivity contribution is 5.75. The average Bonchev–Trinajstić information content (AvgIpc) is 2.78. The maximum Gasteiger partial charge on any atom is 0.151 e. The van der Waals surface area contributed by atoms with Crippen LogP contribution in [0.25, 0.3) is 0 Å². The van der Waals surface area contributed by atoms with Crippen molar-refractivity contribution in [1.29, 1.82) is 0 Å². The zero-order valence-corrected chi connectivity index (χ0v) is 10.7. The maximum absolute atomic E-state index is 10.7. The molecule has 1 aromatic heterocycles. The number of hydrogen-bond donors (Lipinski definition) is 0. The number of carbonyl (C=O) groups is 1. The molecule has 0 radical (unpaired) electrons. The van der Waals surface area contributed by atoms with Gasteiger partial charge in [0, 0.05) is 30.9 Å². The molecule has 2 heterocycles. The summed E-state index contributed by atoms with van der Waals surface area (Å²) in [5, 5.41) is 0. The first-order valence-electron chi connectivity index (χ1n) is 5.95. The molecule has 0 N–H and O–H groups in total. The number of aromatic nitrogens is 1. The van der Waals surface area contributed by atoms with Crippen molar-refractivity contribution in [2.45, 2.75) is 19.4 Å². The van der Waals surface area contributed by atoms with Crippen molar-refractivity contribution >= 4 is 12.1 Å². The summed E-state index contributed by atoms with van der Waals surface area (Å²) in [6, 6.07) is 2.50. The third-order valence-electron chi connectivity index (χ3n) is 3.40. The van der Waals surface area contributed by atoms with Crippen molar-refractivity contribution < 1.29 is 4.79 Å². The molecule has 4 nitrogen and oxygen atoms in total. The largest absolute Gasteiger partial charge is 0.355 e. The second-order valence-electron chi connectivity index (χ2n) is 4.88. The predicted octanol–water partition coefficient (Wildman–Crippen LogP) is 1.34. The molecule has 4 heteroatoms. The average molecular weight is 233 g/mol. The Kier molecular flexibility index (Phi) is 3.43. The van der Waals surface area contributed by atoms with E-state index in [4.69, 9.17) is 0 Å². The second kappa shape index (κ2) is 4.84. The Labute approximate surface area is 102 Å². The van der Waals surface area contributed by atoms with E-state index in [1.807, 2.05) is 13.0 Å². The molecule has 1 unspecified atom stereocenters. The van der Waals surface area contributed by atoms with E-state index in [9.17, 15) is 4.79 Å². The number of aldehydes is 1. The summed E-state index contributed by atoms with van der Waals surface area (Å²) in [4.78, 5) is 19.6. The van der Waals surface area contributed by atoms with E-state index in [1.54, 1.807) is 6.20 Å². The van der Waals surface area contributed by atoms with E-state index in [0.29, 0.717) is 11.6 Å². The molecule has 0 spiro atoms. The van der Waals surface area contributed by atoms with Gasteiger partial charge in [0.1, 0.15) is 5.82 Å². The molecule has 1 fully saturated rings. The second-order valence-corrected chi connectivity index (χ2v) is 4.88. The summed E-state index contributed by atoms with van der Waals surface area (Å²) in [6.07, 6.45) is 3.66. The van der Waals surface area contributed by atoms with Crippen LogP contribution in [0.1, 0.15) is 22.3 Å². The SMILES string of the molecule is Cc1cc(C=O)cnc1N1CCC(N(C)C)C1. The molecule has 1 saturated heterocycles. The van der Waals surface area contributed by atoms with Gasteiger partial charge in [-0.05, 0) is 39.1 Å². The first-order chi connectivity index (χ1) is 8.11. The molecule has 1 atom stereocenters. The molecule has 92 valence electrons. The van der Waals surface area contributed by atoms with Crippen molar-refractivity contribution in [1.82, 2.24) is 9.88 Å². The molecule has 1 aliphatic heterocycles. The first-order valence-corrected chi connectivity index (χ1v) is 5.95. The highest BCUT2D eigenvalue weighted by Crippen LogP contribution is 2.23. The highest BCUT2D eigenvalue weighted by atomic mass is 16.1. The van der Waals surface area contributed by atoms with Crippen molar-refractivity contribution in [3.05, 3.63) is 23.4 Å². The molecule has 17 heavy (non-hydrogen) atoms. The van der Waals surface area contributed by atoms with Gasteiger partial charge in [-0.1, -0.05) is 0 Å². The summed E-state index contributed by atoms with van der Waals surface area (Å²) in [6.45, 7) is 4.07. The van der Waals surface area contributed by atoms with Gasteiger partial charge in [-0.15, -0.1) is 0 Å². The van der Waals surface area contributed by atoms with Gasteiger partial charge in [-0.2, -0.15) is 0 Å². The van der Waals surface area contributed by atoms with Crippen LogP contribution in [-0.2, 0) is 0 Å². The smallest absolute Gasteiger partial charge is 0.151 e. The van der Waals surface area contributed by atoms with Crippen molar-refractivity contribution in [3.63, 3.8) is 0 Å². The molecule has 1 aliphatic rings. The topological polar surface area (TPSA) is 36.4 Å². The van der Waals surface area contributed by atoms with Crippen molar-refractivity contribution in [2.24, 2.45) is 0 Å². The Morgan fingerprint density at radius 2 is 2.29 bits per heavy atom. The Morgan fingerprint density at radius 3 is 2.82 bits per heavy atom. The summed E-state index contributed by atoms with van der Waals surface area (Å²) in [5.74, 6) is 1.01. The number of nitrogens with zero attached hydrogens (tertiary/aromatic N) is 3. The van der Waals surface area contributed by atoms with Gasteiger partial charge >= 0.3 is 0 Å². The Balaban J connectivity index is 2.16. The zero-order chi connectivity index (χ0) is 12.4. The fourth-order valence-electron chi connectivity index (χ4n) is 2.34. The molecule has 0 saturated carbocycles. The summed E-state index contributed by atoms with van der Waals surface area (Å²) in [7, 11) is 4.23. The summed E-state index contributed by atoms with van der Waals surface area (Å²) in [5.41, 5.74) is 1.73. The van der Waals surface area contributed by atoms with Crippen LogP contribution >= 0.6 is 0 Å². The van der Waals surface area contributed by atoms with Crippen molar-refractivity contribution in [3.8, 4) is 0 Å². The van der Waals surface area contributed by atoms with Crippen LogP contribution in [0.4, 0.5) is 5.82 Å². The van der Waals surface area contributed by atoms with Crippen LogP contribution in [0, 0.1) is 6.92 Å². The normalized spacial score (nSPS) is 20.0. The van der Waals surface area contributed by atoms with Gasteiger partial charge in [0.25, 0.3) is 0 Å². The Bertz CT molecular complexity index is 417. The fraction of sp³-hybridized carbons (Fsp3) is 0.538. The van der Waals surface area contributed by atoms with E-state index in [1.165, 1.54) is 6.42 Å². The minimum absolute atomic E-state index is 0.599. The number of aryl methyl sites for hydroxylation is 1. The Hall–Kier alpha value is -1.42. The van der Waals surface area contributed by atoms with E-state index in [0.717, 1.165) is 30.8 Å². The summed E-state index contributed by atoms with van der Waals surface area (Å²) < 4.78 is 0. The third kappa shape index (κ3) is 2.47. The van der Waals surface area contributed by atoms with E-state index in [2.05, 4.69) is 28.9 Å². The highest BCUT2D eigenvalue weighted by Gasteiger charge is 2.25. The molecule has 1 aromatic rings. The quantitative estimate of drug-likeness (QED) is 0.738. The van der Waals surface area contributed by atoms with E-state index >= 15 is 0 Å². The van der Waals surface area contributed by atoms with Gasteiger partial charge in [0.15, 0.2) is 6.29 Å². The van der Waals surface area contributed by atoms with E-state index in [-0.39, 0.29) is 0 Å². The van der Waals surface area contributed by atoms with Crippen molar-refractivity contribution in [2.75, 3.05) is 32.1 Å². The van der Waals surface area contributed by atoms with Crippen LogP contribution in [0.5, 0.6) is 0 Å². The molecule has 0 aromatic carbocycles. The number of carbonyl (C=O) groups excluding carboxylic acids is 1. The van der Waals surface area contributed by atoms with Gasteiger partial charge in [0.05, 0.1) is 0 Å². The number of hydrogen-bond acceptors (Lipinski definition) is 4. The standard InChI is InChI=1S/C13H19N3O/c1-10-6-11(9-17)7-14-13(10)16-5-4-12(8-16)15(2)3/h6-7,9,12H,4-5,8H2,1-3H3. The monoisotopic (exact) mass is 233 g/mol. The first kappa shape index (κ1) is 12.0. The maximum atomic E-state index is 10.7. The lowest BCUT2D eigenvalue weighted by molar-refractivity contribution is 0.112. The predicted molar refractivity (Wildman–Crippen MR) is 68.7 cm³/mol. The number of anilines is 1. The van der Waals surface area contributed by atoms with Crippen LogP contribution in [0.15, 0.2) is 12.3 Å². The van der Waals surface area contributed by atoms with E-state index < -0.39 is 0 Å². The molecule has 0 amide bonds. The van der Waals surface area contributed by atoms with Crippen LogP contribution in [-0.4, -0.2) is 49.4 Å². The van der Waals surface area contributed by atoms with Gasteiger partial charge in [-0.25, -0.2) is 4.98 Å². The number of likely N-dealkylation sites (N-methyl/N-ethyl adjacent to an activating group) is 1. The van der Waals surface area contributed by atoms with Crippen LogP contribution in [0.3, 0.4) is 0 Å². The minimum Gasteiger partial charge on any atom is -0.355 e. The van der Waals surface area contributed by atoms with Crippen LogP contribution in [0.2, 0.25) is 0 Å². The zero-order valence-electron chi connectivity index (χ0n) is 10.7. The minimum atomic E-state index is 0.599. The lowest BCUT2D eigenvalue weighted by Gasteiger charge is -2.22. The lowest BCUT2D eigenvalue weighted by atomic mass is 10.2. The van der Waals surface area contributed by atoms with Gasteiger partial charge in [0.2, 0.25) is 0 Å². The van der Waals surface area contributed by atoms with Crippen LogP contribution < -0.4 is 4.90 Å². The van der Waals surface area contributed by atoms with Gasteiger partial charge in [-0.3, -0.25) is 4.79 Å². The number of rotatable bonds is 3. The van der Waals surface area contributed by atoms with Gasteiger partial charge < -0.3 is 9.80 Å². The fourth-order valence-corrected chi connectivity index (χ4v) is 2.34. The molecule has 0 aliphatic carbocycles. The molecule has 2 rings (SSSR count). The molecule has 0 bridgehead atoms. The Morgan fingerprint density at radius 1 is 1.53 bits per heavy atom. The third-order valence-corrected chi connectivity index (χ3v) is 3.40. The lowest BCUT2D eigenvalue weighted by Crippen LogP contribution is -2.32.